The van der Waals surface area contributed by atoms with Crippen LogP contribution in [-0.2, 0) is 9.59 Å². The summed E-state index contributed by atoms with van der Waals surface area (Å²) in [7, 11) is 0. The molecule has 3 N–H and O–H groups in total. The van der Waals surface area contributed by atoms with Gasteiger partial charge in [-0.3, -0.25) is 34.2 Å². The lowest BCUT2D eigenvalue weighted by Gasteiger charge is -2.48. The summed E-state index contributed by atoms with van der Waals surface area (Å²) in [5, 5.41) is 10.4. The van der Waals surface area contributed by atoms with Gasteiger partial charge in [0.2, 0.25) is 11.8 Å². The molecule has 242 valence electrons. The SMILES string of the molecule is NC(=O)c1ccc(N2CCC3(CCN(CC4CCN(c5ccc6c(c5)C(=O)N(C5CCC(=O)NC5=O)C6=O)CC4)CC3)CC2)nn1. The third kappa shape index (κ3) is 5.72. The van der Waals surface area contributed by atoms with Crippen LogP contribution < -0.4 is 20.9 Å². The van der Waals surface area contributed by atoms with Crippen molar-refractivity contribution in [3.8, 4) is 0 Å². The lowest BCUT2D eigenvalue weighted by molar-refractivity contribution is -0.136. The Hall–Kier alpha value is -4.39. The number of carbonyl (C=O) groups excluding carboxylic acids is 5. The van der Waals surface area contributed by atoms with E-state index in [1.165, 1.54) is 12.8 Å². The molecule has 0 radical (unpaired) electrons. The highest BCUT2D eigenvalue weighted by molar-refractivity contribution is 6.23. The van der Waals surface area contributed by atoms with Crippen molar-refractivity contribution in [2.75, 3.05) is 55.6 Å². The second-order valence-electron chi connectivity index (χ2n) is 13.5. The maximum atomic E-state index is 13.3. The fourth-order valence-corrected chi connectivity index (χ4v) is 7.94. The fourth-order valence-electron chi connectivity index (χ4n) is 7.94. The van der Waals surface area contributed by atoms with Crippen LogP contribution in [0.25, 0.3) is 0 Å². The van der Waals surface area contributed by atoms with E-state index in [1.54, 1.807) is 18.2 Å². The summed E-state index contributed by atoms with van der Waals surface area (Å²) in [4.78, 5) is 69.8. The first-order valence-electron chi connectivity index (χ1n) is 16.4. The van der Waals surface area contributed by atoms with Crippen LogP contribution in [0.4, 0.5) is 11.5 Å². The predicted molar refractivity (Wildman–Crippen MR) is 168 cm³/mol. The molecule has 0 aliphatic carbocycles. The summed E-state index contributed by atoms with van der Waals surface area (Å²) in [5.41, 5.74) is 7.43. The molecule has 7 rings (SSSR count). The molecule has 0 saturated carbocycles. The molecule has 1 aromatic heterocycles. The molecule has 1 unspecified atom stereocenters. The number of primary amides is 1. The number of rotatable bonds is 6. The van der Waals surface area contributed by atoms with E-state index in [9.17, 15) is 24.0 Å². The van der Waals surface area contributed by atoms with E-state index >= 15 is 0 Å². The summed E-state index contributed by atoms with van der Waals surface area (Å²) in [6, 6.07) is 7.92. The van der Waals surface area contributed by atoms with E-state index in [4.69, 9.17) is 5.73 Å². The van der Waals surface area contributed by atoms with E-state index < -0.39 is 29.7 Å². The number of nitrogens with two attached hydrogens (primary N) is 1. The highest BCUT2D eigenvalue weighted by Crippen LogP contribution is 2.42. The maximum absolute atomic E-state index is 13.3. The van der Waals surface area contributed by atoms with Gasteiger partial charge in [0.25, 0.3) is 17.7 Å². The van der Waals surface area contributed by atoms with Gasteiger partial charge in [0.15, 0.2) is 11.5 Å². The molecule has 13 heteroatoms. The first kappa shape index (κ1) is 30.3. The minimum Gasteiger partial charge on any atom is -0.371 e. The van der Waals surface area contributed by atoms with Crippen molar-refractivity contribution in [3.63, 3.8) is 0 Å². The van der Waals surface area contributed by atoms with Gasteiger partial charge >= 0.3 is 0 Å². The summed E-state index contributed by atoms with van der Waals surface area (Å²) in [6.07, 6.45) is 7.09. The molecule has 46 heavy (non-hydrogen) atoms. The molecule has 0 bridgehead atoms. The molecule has 4 saturated heterocycles. The topological polar surface area (TPSA) is 162 Å². The number of hydrogen-bond acceptors (Lipinski definition) is 10. The second-order valence-corrected chi connectivity index (χ2v) is 13.5. The van der Waals surface area contributed by atoms with Gasteiger partial charge in [0, 0.05) is 44.8 Å². The molecule has 1 spiro atoms. The molecular formula is C33H40N8O5. The van der Waals surface area contributed by atoms with Crippen LogP contribution in [0.5, 0.6) is 0 Å². The lowest BCUT2D eigenvalue weighted by Crippen LogP contribution is -2.54. The maximum Gasteiger partial charge on any atom is 0.269 e. The Morgan fingerprint density at radius 1 is 0.826 bits per heavy atom. The van der Waals surface area contributed by atoms with Crippen LogP contribution in [0.2, 0.25) is 0 Å². The number of amides is 5. The smallest absolute Gasteiger partial charge is 0.269 e. The lowest BCUT2D eigenvalue weighted by atomic mass is 9.71. The zero-order valence-electron chi connectivity index (χ0n) is 25.9. The second kappa shape index (κ2) is 12.1. The summed E-state index contributed by atoms with van der Waals surface area (Å²) in [6.45, 7) is 7.02. The number of anilines is 2. The monoisotopic (exact) mass is 628 g/mol. The van der Waals surface area contributed by atoms with Gasteiger partial charge in [0.1, 0.15) is 6.04 Å². The quantitative estimate of drug-likeness (QED) is 0.449. The Labute approximate surface area is 267 Å². The van der Waals surface area contributed by atoms with Crippen molar-refractivity contribution < 1.29 is 24.0 Å². The average molecular weight is 629 g/mol. The minimum absolute atomic E-state index is 0.105. The number of likely N-dealkylation sites (tertiary alicyclic amines) is 1. The van der Waals surface area contributed by atoms with Gasteiger partial charge in [-0.25, -0.2) is 0 Å². The number of piperidine rings is 4. The van der Waals surface area contributed by atoms with Crippen LogP contribution in [-0.4, -0.2) is 101 Å². The van der Waals surface area contributed by atoms with Crippen LogP contribution in [0, 0.1) is 11.3 Å². The Morgan fingerprint density at radius 2 is 1.52 bits per heavy atom. The summed E-state index contributed by atoms with van der Waals surface area (Å²) >= 11 is 0. The van der Waals surface area contributed by atoms with Gasteiger partial charge in [-0.1, -0.05) is 0 Å². The predicted octanol–water partition coefficient (Wildman–Crippen LogP) is 1.58. The molecule has 1 atom stereocenters. The Morgan fingerprint density at radius 3 is 2.17 bits per heavy atom. The summed E-state index contributed by atoms with van der Waals surface area (Å²) in [5.74, 6) is -1.05. The average Bonchev–Trinajstić information content (AvgIpc) is 3.31. The number of hydrogen-bond donors (Lipinski definition) is 2. The Balaban J connectivity index is 0.880. The van der Waals surface area contributed by atoms with E-state index in [2.05, 4.69) is 30.2 Å². The molecular weight excluding hydrogens is 588 g/mol. The van der Waals surface area contributed by atoms with Crippen LogP contribution in [0.3, 0.4) is 0 Å². The van der Waals surface area contributed by atoms with E-state index in [1.807, 2.05) is 12.1 Å². The molecule has 13 nitrogen and oxygen atoms in total. The van der Waals surface area contributed by atoms with Gasteiger partial charge in [-0.2, -0.15) is 0 Å². The number of carbonyl (C=O) groups is 5. The number of fused-ring (bicyclic) bond motifs is 1. The third-order valence-corrected chi connectivity index (χ3v) is 10.9. The zero-order chi connectivity index (χ0) is 32.0. The fraction of sp³-hybridized carbons (Fsp3) is 0.545. The van der Waals surface area contributed by atoms with Crippen LogP contribution in [0.1, 0.15) is 82.6 Å². The molecule has 5 aliphatic rings. The van der Waals surface area contributed by atoms with Crippen molar-refractivity contribution in [1.29, 1.82) is 0 Å². The first-order chi connectivity index (χ1) is 22.2. The molecule has 6 heterocycles. The number of imide groups is 2. The largest absolute Gasteiger partial charge is 0.371 e. The van der Waals surface area contributed by atoms with Crippen molar-refractivity contribution in [1.82, 2.24) is 25.3 Å². The first-order valence-corrected chi connectivity index (χ1v) is 16.4. The minimum atomic E-state index is -0.953. The molecule has 4 fully saturated rings. The van der Waals surface area contributed by atoms with Gasteiger partial charge in [0.05, 0.1) is 11.1 Å². The zero-order valence-corrected chi connectivity index (χ0v) is 25.9. The van der Waals surface area contributed by atoms with Crippen LogP contribution in [0.15, 0.2) is 30.3 Å². The molecule has 2 aromatic rings. The van der Waals surface area contributed by atoms with E-state index in [0.29, 0.717) is 22.5 Å². The van der Waals surface area contributed by atoms with Crippen molar-refractivity contribution in [2.24, 2.45) is 17.1 Å². The van der Waals surface area contributed by atoms with Gasteiger partial charge in [-0.15, -0.1) is 10.2 Å². The van der Waals surface area contributed by atoms with Crippen molar-refractivity contribution in [2.45, 2.75) is 57.4 Å². The van der Waals surface area contributed by atoms with Gasteiger partial charge < -0.3 is 20.4 Å². The summed E-state index contributed by atoms with van der Waals surface area (Å²) < 4.78 is 0. The Bertz CT molecular complexity index is 1550. The standard InChI is InChI=1S/C33H40N8O5/c34-29(43)25-3-5-27(37-36-25)40-17-11-33(12-18-40)9-15-38(16-10-33)20-21-7-13-39(14-8-21)22-1-2-23-24(19-22)32(46)41(31(23)45)26-4-6-28(42)35-30(26)44/h1-3,5,19,21,26H,4,6-18,20H2,(H2,34,43)(H,35,42,44). The molecule has 5 amide bonds. The number of aromatic nitrogens is 2. The number of benzene rings is 1. The number of nitrogens with one attached hydrogen (secondary N) is 1. The third-order valence-electron chi connectivity index (χ3n) is 10.9. The Kier molecular flexibility index (Phi) is 7.95. The molecule has 1 aromatic carbocycles. The van der Waals surface area contributed by atoms with Crippen LogP contribution >= 0.6 is 0 Å². The highest BCUT2D eigenvalue weighted by atomic mass is 16.2. The van der Waals surface area contributed by atoms with Gasteiger partial charge in [-0.05, 0) is 99.7 Å². The van der Waals surface area contributed by atoms with Crippen molar-refractivity contribution >= 4 is 41.0 Å². The van der Waals surface area contributed by atoms with E-state index in [0.717, 1.165) is 87.9 Å². The van der Waals surface area contributed by atoms with Crippen molar-refractivity contribution in [3.05, 3.63) is 47.2 Å². The number of nitrogens with zero attached hydrogens (tertiary/aromatic N) is 6. The normalized spacial score (nSPS) is 24.0. The molecule has 5 aliphatic heterocycles. The van der Waals surface area contributed by atoms with E-state index in [-0.39, 0.29) is 24.4 Å². The highest BCUT2D eigenvalue weighted by Gasteiger charge is 2.45.